The molecule has 0 aromatic heterocycles. The number of piperidine rings is 1. The van der Waals surface area contributed by atoms with Gasteiger partial charge in [-0.2, -0.15) is 0 Å². The number of nitrogens with two attached hydrogens (primary N) is 1. The number of rotatable bonds is 4. The highest BCUT2D eigenvalue weighted by atomic mass is 16.4. The number of anilines is 1. The molecule has 18 heavy (non-hydrogen) atoms. The van der Waals surface area contributed by atoms with Crippen LogP contribution >= 0.6 is 0 Å². The lowest BCUT2D eigenvalue weighted by molar-refractivity contribution is -0.138. The zero-order chi connectivity index (χ0) is 13.0. The predicted molar refractivity (Wildman–Crippen MR) is 71.9 cm³/mol. The first-order chi connectivity index (χ1) is 8.74. The summed E-state index contributed by atoms with van der Waals surface area (Å²) in [6.07, 6.45) is 3.61. The lowest BCUT2D eigenvalue weighted by atomic mass is 9.96. The van der Waals surface area contributed by atoms with Gasteiger partial charge in [-0.3, -0.25) is 4.79 Å². The highest BCUT2D eigenvalue weighted by Gasteiger charge is 2.23. The van der Waals surface area contributed by atoms with Gasteiger partial charge in [0.2, 0.25) is 0 Å². The van der Waals surface area contributed by atoms with Crippen LogP contribution in [0.5, 0.6) is 0 Å². The van der Waals surface area contributed by atoms with Crippen LogP contribution in [0.15, 0.2) is 24.3 Å². The Bertz CT molecular complexity index is 414. The fourth-order valence-electron chi connectivity index (χ4n) is 2.57. The van der Waals surface area contributed by atoms with E-state index in [-0.39, 0.29) is 6.54 Å². The summed E-state index contributed by atoms with van der Waals surface area (Å²) in [5.74, 6) is -1.45. The molecule has 3 N–H and O–H groups in total. The van der Waals surface area contributed by atoms with E-state index in [1.54, 1.807) is 0 Å². The minimum Gasteiger partial charge on any atom is -0.481 e. The molecule has 4 heteroatoms. The number of para-hydroxylation sites is 1. The van der Waals surface area contributed by atoms with Gasteiger partial charge in [-0.1, -0.05) is 18.2 Å². The molecule has 1 fully saturated rings. The molecule has 0 amide bonds. The van der Waals surface area contributed by atoms with Crippen LogP contribution in [0, 0.1) is 0 Å². The molecular formula is C14H20N2O2. The van der Waals surface area contributed by atoms with Crippen LogP contribution in [0.1, 0.15) is 30.7 Å². The van der Waals surface area contributed by atoms with Crippen molar-refractivity contribution in [3.05, 3.63) is 29.8 Å². The van der Waals surface area contributed by atoms with Gasteiger partial charge in [0.25, 0.3) is 0 Å². The largest absolute Gasteiger partial charge is 0.481 e. The van der Waals surface area contributed by atoms with E-state index in [2.05, 4.69) is 4.90 Å². The maximum atomic E-state index is 11.3. The second kappa shape index (κ2) is 5.87. The third-order valence-corrected chi connectivity index (χ3v) is 3.54. The molecular weight excluding hydrogens is 228 g/mol. The van der Waals surface area contributed by atoms with Crippen molar-refractivity contribution in [2.24, 2.45) is 5.73 Å². The smallest absolute Gasteiger partial charge is 0.312 e. The van der Waals surface area contributed by atoms with Crippen molar-refractivity contribution >= 4 is 11.7 Å². The summed E-state index contributed by atoms with van der Waals surface area (Å²) in [5.41, 5.74) is 7.48. The van der Waals surface area contributed by atoms with Gasteiger partial charge >= 0.3 is 5.97 Å². The Hall–Kier alpha value is -1.55. The lowest BCUT2D eigenvalue weighted by Crippen LogP contribution is -2.32. The van der Waals surface area contributed by atoms with E-state index >= 15 is 0 Å². The van der Waals surface area contributed by atoms with Gasteiger partial charge in [0.1, 0.15) is 0 Å². The molecule has 0 bridgehead atoms. The molecule has 1 unspecified atom stereocenters. The first-order valence-corrected chi connectivity index (χ1v) is 6.50. The van der Waals surface area contributed by atoms with Crippen molar-refractivity contribution in [2.75, 3.05) is 24.5 Å². The number of carboxylic acids is 1. The zero-order valence-corrected chi connectivity index (χ0v) is 10.5. The van der Waals surface area contributed by atoms with Crippen LogP contribution in [0.2, 0.25) is 0 Å². The summed E-state index contributed by atoms with van der Waals surface area (Å²) >= 11 is 0. The highest BCUT2D eigenvalue weighted by molar-refractivity contribution is 5.79. The second-order valence-electron chi connectivity index (χ2n) is 4.73. The van der Waals surface area contributed by atoms with E-state index in [4.69, 9.17) is 5.73 Å². The Labute approximate surface area is 107 Å². The molecule has 1 aliphatic rings. The Kier molecular flexibility index (Phi) is 4.20. The van der Waals surface area contributed by atoms with E-state index in [0.717, 1.165) is 24.3 Å². The van der Waals surface area contributed by atoms with E-state index in [1.165, 1.54) is 19.3 Å². The quantitative estimate of drug-likeness (QED) is 0.852. The van der Waals surface area contributed by atoms with Crippen LogP contribution in [0.4, 0.5) is 5.69 Å². The molecule has 1 aromatic rings. The number of aliphatic carboxylic acids is 1. The summed E-state index contributed by atoms with van der Waals surface area (Å²) in [5, 5.41) is 9.25. The summed E-state index contributed by atoms with van der Waals surface area (Å²) in [7, 11) is 0. The van der Waals surface area contributed by atoms with Crippen molar-refractivity contribution in [1.82, 2.24) is 0 Å². The van der Waals surface area contributed by atoms with Gasteiger partial charge in [-0.15, -0.1) is 0 Å². The van der Waals surface area contributed by atoms with Crippen molar-refractivity contribution < 1.29 is 9.90 Å². The third-order valence-electron chi connectivity index (χ3n) is 3.54. The Morgan fingerprint density at radius 2 is 1.94 bits per heavy atom. The molecule has 1 heterocycles. The van der Waals surface area contributed by atoms with Gasteiger partial charge in [0.15, 0.2) is 0 Å². The normalized spacial score (nSPS) is 17.5. The van der Waals surface area contributed by atoms with Crippen LogP contribution in [-0.4, -0.2) is 30.7 Å². The van der Waals surface area contributed by atoms with Crippen molar-refractivity contribution in [1.29, 1.82) is 0 Å². The maximum Gasteiger partial charge on any atom is 0.312 e. The highest BCUT2D eigenvalue weighted by Crippen LogP contribution is 2.29. The number of benzene rings is 1. The Morgan fingerprint density at radius 1 is 1.28 bits per heavy atom. The first-order valence-electron chi connectivity index (χ1n) is 6.50. The Balaban J connectivity index is 2.31. The molecule has 2 rings (SSSR count). The number of hydrogen-bond acceptors (Lipinski definition) is 3. The molecule has 4 nitrogen and oxygen atoms in total. The first kappa shape index (κ1) is 12.9. The predicted octanol–water partition coefficient (Wildman–Crippen LogP) is 1.80. The number of hydrogen-bond donors (Lipinski definition) is 2. The standard InChI is InChI=1S/C14H20N2O2/c15-10-12(14(17)18)11-6-2-3-7-13(11)16-8-4-1-5-9-16/h2-3,6-7,12H,1,4-5,8-10,15H2,(H,17,18). The molecule has 0 saturated carbocycles. The average Bonchev–Trinajstić information content (AvgIpc) is 2.41. The molecule has 0 aliphatic carbocycles. The SMILES string of the molecule is NCC(C(=O)O)c1ccccc1N1CCCCC1. The number of nitrogens with zero attached hydrogens (tertiary/aromatic N) is 1. The zero-order valence-electron chi connectivity index (χ0n) is 10.5. The number of carbonyl (C=O) groups is 1. The van der Waals surface area contributed by atoms with E-state index < -0.39 is 11.9 Å². The van der Waals surface area contributed by atoms with Crippen LogP contribution in [0.25, 0.3) is 0 Å². The van der Waals surface area contributed by atoms with Gasteiger partial charge in [0.05, 0.1) is 5.92 Å². The fraction of sp³-hybridized carbons (Fsp3) is 0.500. The Morgan fingerprint density at radius 3 is 2.56 bits per heavy atom. The van der Waals surface area contributed by atoms with Crippen LogP contribution < -0.4 is 10.6 Å². The third kappa shape index (κ3) is 2.64. The van der Waals surface area contributed by atoms with Crippen molar-refractivity contribution in [3.63, 3.8) is 0 Å². The average molecular weight is 248 g/mol. The van der Waals surface area contributed by atoms with E-state index in [9.17, 15) is 9.90 Å². The molecule has 0 spiro atoms. The summed E-state index contributed by atoms with van der Waals surface area (Å²) < 4.78 is 0. The lowest BCUT2D eigenvalue weighted by Gasteiger charge is -2.31. The number of carboxylic acid groups (broad SMARTS) is 1. The summed E-state index contributed by atoms with van der Waals surface area (Å²) in [4.78, 5) is 13.5. The molecule has 0 radical (unpaired) electrons. The minimum absolute atomic E-state index is 0.139. The summed E-state index contributed by atoms with van der Waals surface area (Å²) in [6, 6.07) is 7.74. The van der Waals surface area contributed by atoms with Gasteiger partial charge in [-0.05, 0) is 30.9 Å². The molecule has 1 aromatic carbocycles. The van der Waals surface area contributed by atoms with Gasteiger partial charge in [0, 0.05) is 25.3 Å². The fourth-order valence-corrected chi connectivity index (χ4v) is 2.57. The molecule has 1 atom stereocenters. The van der Waals surface area contributed by atoms with Gasteiger partial charge < -0.3 is 15.7 Å². The van der Waals surface area contributed by atoms with Crippen LogP contribution in [-0.2, 0) is 4.79 Å². The molecule has 1 saturated heterocycles. The van der Waals surface area contributed by atoms with Crippen LogP contribution in [0.3, 0.4) is 0 Å². The van der Waals surface area contributed by atoms with Gasteiger partial charge in [-0.25, -0.2) is 0 Å². The molecule has 1 aliphatic heterocycles. The summed E-state index contributed by atoms with van der Waals surface area (Å²) in [6.45, 7) is 2.15. The van der Waals surface area contributed by atoms with Crippen molar-refractivity contribution in [2.45, 2.75) is 25.2 Å². The van der Waals surface area contributed by atoms with E-state index in [1.807, 2.05) is 24.3 Å². The monoisotopic (exact) mass is 248 g/mol. The van der Waals surface area contributed by atoms with E-state index in [0.29, 0.717) is 0 Å². The second-order valence-corrected chi connectivity index (χ2v) is 4.73. The maximum absolute atomic E-state index is 11.3. The van der Waals surface area contributed by atoms with Crippen molar-refractivity contribution in [3.8, 4) is 0 Å². The minimum atomic E-state index is -0.845. The molecule has 98 valence electrons. The topological polar surface area (TPSA) is 66.6 Å².